The Morgan fingerprint density at radius 1 is 0.967 bits per heavy atom. The molecule has 0 aliphatic heterocycles. The summed E-state index contributed by atoms with van der Waals surface area (Å²) in [6.07, 6.45) is 4.53. The standard InChI is InChI=1S/C15H19N3.C7H4N2O3/c16-12-6-8-13(9-7-12)17-15-10-5-11-3-1-2-4-14(11)18-15;10-7(11)4-1-2-5-6(3-4)9-12-8-5/h1-5,10,12-13H,6-9,16H2,(H,17,18);1-3H,(H,10,11)/t12-,13+;. The van der Waals surface area contributed by atoms with Gasteiger partial charge in [-0.3, -0.25) is 0 Å². The van der Waals surface area contributed by atoms with Crippen LogP contribution >= 0.6 is 0 Å². The maximum Gasteiger partial charge on any atom is 0.335 e. The van der Waals surface area contributed by atoms with Crippen molar-refractivity contribution in [3.05, 3.63) is 60.2 Å². The number of nitrogens with one attached hydrogen (secondary N) is 1. The number of nitrogens with two attached hydrogens (primary N) is 1. The van der Waals surface area contributed by atoms with Crippen LogP contribution in [0.15, 0.2) is 59.2 Å². The summed E-state index contributed by atoms with van der Waals surface area (Å²) >= 11 is 0. The molecule has 0 amide bonds. The van der Waals surface area contributed by atoms with Gasteiger partial charge in [-0.1, -0.05) is 18.2 Å². The highest BCUT2D eigenvalue weighted by Crippen LogP contribution is 2.22. The number of hydrogen-bond donors (Lipinski definition) is 3. The summed E-state index contributed by atoms with van der Waals surface area (Å²) in [4.78, 5) is 15.1. The monoisotopic (exact) mass is 405 g/mol. The number of hydrogen-bond acceptors (Lipinski definition) is 7. The van der Waals surface area contributed by atoms with Gasteiger partial charge < -0.3 is 16.2 Å². The van der Waals surface area contributed by atoms with Crippen LogP contribution in [0.1, 0.15) is 36.0 Å². The molecule has 0 bridgehead atoms. The van der Waals surface area contributed by atoms with Gasteiger partial charge in [-0.15, -0.1) is 0 Å². The normalized spacial score (nSPS) is 18.6. The van der Waals surface area contributed by atoms with E-state index >= 15 is 0 Å². The fourth-order valence-corrected chi connectivity index (χ4v) is 3.53. The molecule has 154 valence electrons. The van der Waals surface area contributed by atoms with Crippen molar-refractivity contribution in [2.24, 2.45) is 5.73 Å². The lowest BCUT2D eigenvalue weighted by Crippen LogP contribution is -2.32. The number of carboxylic acids is 1. The van der Waals surface area contributed by atoms with Crippen LogP contribution in [0.2, 0.25) is 0 Å². The zero-order chi connectivity index (χ0) is 20.9. The molecule has 1 aliphatic carbocycles. The number of carbonyl (C=O) groups is 1. The highest BCUT2D eigenvalue weighted by atomic mass is 16.6. The minimum atomic E-state index is -0.986. The van der Waals surface area contributed by atoms with Crippen molar-refractivity contribution in [1.29, 1.82) is 0 Å². The minimum absolute atomic E-state index is 0.179. The van der Waals surface area contributed by atoms with Gasteiger partial charge in [-0.2, -0.15) is 0 Å². The summed E-state index contributed by atoms with van der Waals surface area (Å²) in [5, 5.41) is 20.4. The van der Waals surface area contributed by atoms with Crippen LogP contribution in [-0.2, 0) is 0 Å². The van der Waals surface area contributed by atoms with Gasteiger partial charge >= 0.3 is 5.97 Å². The first kappa shape index (κ1) is 19.8. The Kier molecular flexibility index (Phi) is 5.85. The quantitative estimate of drug-likeness (QED) is 0.469. The van der Waals surface area contributed by atoms with Gasteiger partial charge in [0.25, 0.3) is 0 Å². The number of para-hydroxylation sites is 1. The first-order chi connectivity index (χ1) is 14.6. The third-order valence-corrected chi connectivity index (χ3v) is 5.22. The van der Waals surface area contributed by atoms with Crippen molar-refractivity contribution in [3.63, 3.8) is 0 Å². The Labute approximate surface area is 173 Å². The lowest BCUT2D eigenvalue weighted by molar-refractivity contribution is 0.0697. The Bertz CT molecular complexity index is 1150. The van der Waals surface area contributed by atoms with Crippen molar-refractivity contribution in [1.82, 2.24) is 15.3 Å². The minimum Gasteiger partial charge on any atom is -0.478 e. The van der Waals surface area contributed by atoms with Crippen molar-refractivity contribution >= 4 is 33.7 Å². The van der Waals surface area contributed by atoms with E-state index in [2.05, 4.69) is 49.5 Å². The number of aromatic carboxylic acids is 1. The molecule has 1 fully saturated rings. The lowest BCUT2D eigenvalue weighted by Gasteiger charge is -2.27. The third kappa shape index (κ3) is 4.72. The van der Waals surface area contributed by atoms with Crippen LogP contribution < -0.4 is 11.1 Å². The highest BCUT2D eigenvalue weighted by molar-refractivity contribution is 5.91. The molecule has 2 aromatic heterocycles. The smallest absolute Gasteiger partial charge is 0.335 e. The number of anilines is 1. The molecule has 2 aromatic carbocycles. The van der Waals surface area contributed by atoms with Gasteiger partial charge in [-0.25, -0.2) is 14.4 Å². The maximum atomic E-state index is 10.5. The molecule has 1 aliphatic rings. The molecule has 0 unspecified atom stereocenters. The number of benzene rings is 2. The number of fused-ring (bicyclic) bond motifs is 2. The second-order valence-corrected chi connectivity index (χ2v) is 7.42. The van der Waals surface area contributed by atoms with Crippen LogP contribution in [0, 0.1) is 0 Å². The average molecular weight is 405 g/mol. The molecule has 0 spiro atoms. The zero-order valence-electron chi connectivity index (χ0n) is 16.4. The number of rotatable bonds is 3. The van der Waals surface area contributed by atoms with E-state index in [0.717, 1.165) is 37.0 Å². The summed E-state index contributed by atoms with van der Waals surface area (Å²) in [5.41, 5.74) is 8.16. The second-order valence-electron chi connectivity index (χ2n) is 7.42. The number of carboxylic acid groups (broad SMARTS) is 1. The van der Waals surface area contributed by atoms with E-state index in [1.807, 2.05) is 12.1 Å². The summed E-state index contributed by atoms with van der Waals surface area (Å²) in [6, 6.07) is 17.7. The molecule has 4 N–H and O–H groups in total. The molecular formula is C22H23N5O3. The van der Waals surface area contributed by atoms with Crippen molar-refractivity contribution in [2.45, 2.75) is 37.8 Å². The molecular weight excluding hydrogens is 382 g/mol. The largest absolute Gasteiger partial charge is 0.478 e. The van der Waals surface area contributed by atoms with E-state index in [9.17, 15) is 4.79 Å². The molecule has 2 heterocycles. The lowest BCUT2D eigenvalue weighted by atomic mass is 9.92. The van der Waals surface area contributed by atoms with Crippen molar-refractivity contribution in [2.75, 3.05) is 5.32 Å². The van der Waals surface area contributed by atoms with E-state index < -0.39 is 5.97 Å². The van der Waals surface area contributed by atoms with E-state index in [4.69, 9.17) is 10.8 Å². The SMILES string of the molecule is N[C@H]1CC[C@@H](Nc2ccc3ccccc3n2)CC1.O=C(O)c1ccc2nonc2c1. The molecule has 0 saturated heterocycles. The number of nitrogens with zero attached hydrogens (tertiary/aromatic N) is 3. The van der Waals surface area contributed by atoms with Crippen molar-refractivity contribution in [3.8, 4) is 0 Å². The molecule has 8 nitrogen and oxygen atoms in total. The van der Waals surface area contributed by atoms with Gasteiger partial charge in [0.15, 0.2) is 0 Å². The van der Waals surface area contributed by atoms with Crippen LogP contribution in [0.25, 0.3) is 21.9 Å². The molecule has 1 saturated carbocycles. The fraction of sp³-hybridized carbons (Fsp3) is 0.273. The first-order valence-electron chi connectivity index (χ1n) is 9.92. The predicted octanol–water partition coefficient (Wildman–Crippen LogP) is 3.84. The van der Waals surface area contributed by atoms with Crippen LogP contribution in [-0.4, -0.2) is 38.5 Å². The molecule has 0 atom stereocenters. The van der Waals surface area contributed by atoms with E-state index in [-0.39, 0.29) is 5.56 Å². The summed E-state index contributed by atoms with van der Waals surface area (Å²) in [6.45, 7) is 0. The Morgan fingerprint density at radius 3 is 2.53 bits per heavy atom. The highest BCUT2D eigenvalue weighted by Gasteiger charge is 2.18. The summed E-state index contributed by atoms with van der Waals surface area (Å²) in [7, 11) is 0. The summed E-state index contributed by atoms with van der Waals surface area (Å²) in [5.74, 6) is -0.00549. The molecule has 30 heavy (non-hydrogen) atoms. The predicted molar refractivity (Wildman–Crippen MR) is 114 cm³/mol. The second kappa shape index (κ2) is 8.87. The first-order valence-corrected chi connectivity index (χ1v) is 9.92. The third-order valence-electron chi connectivity index (χ3n) is 5.22. The van der Waals surface area contributed by atoms with Gasteiger partial charge in [0.1, 0.15) is 16.9 Å². The van der Waals surface area contributed by atoms with Crippen molar-refractivity contribution < 1.29 is 14.5 Å². The Balaban J connectivity index is 0.000000158. The number of pyridine rings is 1. The van der Waals surface area contributed by atoms with Gasteiger partial charge in [0.05, 0.1) is 11.1 Å². The number of aromatic nitrogens is 3. The van der Waals surface area contributed by atoms with Gasteiger partial charge in [0.2, 0.25) is 0 Å². The van der Waals surface area contributed by atoms with Crippen LogP contribution in [0.4, 0.5) is 5.82 Å². The maximum absolute atomic E-state index is 10.5. The van der Waals surface area contributed by atoms with Gasteiger partial charge in [-0.05, 0) is 72.4 Å². The van der Waals surface area contributed by atoms with Crippen LogP contribution in [0.5, 0.6) is 0 Å². The van der Waals surface area contributed by atoms with Crippen LogP contribution in [0.3, 0.4) is 0 Å². The topological polar surface area (TPSA) is 127 Å². The van der Waals surface area contributed by atoms with Gasteiger partial charge in [0, 0.05) is 17.5 Å². The molecule has 4 aromatic rings. The Hall–Kier alpha value is -3.52. The van der Waals surface area contributed by atoms with E-state index in [0.29, 0.717) is 23.1 Å². The summed E-state index contributed by atoms with van der Waals surface area (Å²) < 4.78 is 4.41. The molecule has 8 heteroatoms. The van der Waals surface area contributed by atoms with E-state index in [1.165, 1.54) is 17.5 Å². The molecule has 5 rings (SSSR count). The molecule has 0 radical (unpaired) electrons. The fourth-order valence-electron chi connectivity index (χ4n) is 3.53. The zero-order valence-corrected chi connectivity index (χ0v) is 16.4. The Morgan fingerprint density at radius 2 is 1.73 bits per heavy atom. The van der Waals surface area contributed by atoms with E-state index in [1.54, 1.807) is 6.07 Å². The average Bonchev–Trinajstić information content (AvgIpc) is 3.24.